The second kappa shape index (κ2) is 8.10. The third kappa shape index (κ3) is 4.67. The highest BCUT2D eigenvalue weighted by Crippen LogP contribution is 2.21. The molecule has 0 bridgehead atoms. The lowest BCUT2D eigenvalue weighted by molar-refractivity contribution is 0.186. The van der Waals surface area contributed by atoms with Crippen molar-refractivity contribution in [1.82, 2.24) is 8.87 Å². The van der Waals surface area contributed by atoms with Gasteiger partial charge in [0.05, 0.1) is 11.4 Å². The van der Waals surface area contributed by atoms with Gasteiger partial charge in [0.25, 0.3) is 0 Å². The van der Waals surface area contributed by atoms with Gasteiger partial charge in [-0.15, -0.1) is 0 Å². The molecule has 126 valence electrons. The van der Waals surface area contributed by atoms with Gasteiger partial charge in [-0.2, -0.15) is 4.31 Å². The van der Waals surface area contributed by atoms with Gasteiger partial charge >= 0.3 is 0 Å². The molecule has 0 saturated carbocycles. The molecule has 0 spiro atoms. The number of benzene rings is 1. The van der Waals surface area contributed by atoms with Crippen molar-refractivity contribution in [2.75, 3.05) is 20.3 Å². The second-order valence-electron chi connectivity index (χ2n) is 5.25. The second-order valence-corrected chi connectivity index (χ2v) is 8.10. The summed E-state index contributed by atoms with van der Waals surface area (Å²) in [7, 11) is -0.0201. The van der Waals surface area contributed by atoms with Crippen molar-refractivity contribution in [2.45, 2.75) is 17.9 Å². The van der Waals surface area contributed by atoms with Crippen molar-refractivity contribution in [3.63, 3.8) is 0 Å². The van der Waals surface area contributed by atoms with Gasteiger partial charge in [0, 0.05) is 43.7 Å². The molecule has 0 atom stereocenters. The summed E-state index contributed by atoms with van der Waals surface area (Å²) in [6.45, 7) is 1.28. The molecule has 0 aliphatic heterocycles. The molecule has 0 fully saturated rings. The van der Waals surface area contributed by atoms with E-state index in [0.29, 0.717) is 31.0 Å². The highest BCUT2D eigenvalue weighted by atomic mass is 79.9. The lowest BCUT2D eigenvalue weighted by atomic mass is 10.4. The minimum Gasteiger partial charge on any atom is -0.385 e. The first-order chi connectivity index (χ1) is 10.9. The zero-order valence-corrected chi connectivity index (χ0v) is 15.7. The molecule has 2 rings (SSSR count). The highest BCUT2D eigenvalue weighted by molar-refractivity contribution is 9.10. The van der Waals surface area contributed by atoms with Crippen LogP contribution < -0.4 is 0 Å². The Kier molecular flexibility index (Phi) is 6.41. The maximum atomic E-state index is 12.9. The van der Waals surface area contributed by atoms with Crippen LogP contribution in [-0.2, 0) is 28.4 Å². The molecule has 0 amide bonds. The van der Waals surface area contributed by atoms with Gasteiger partial charge in [-0.3, -0.25) is 0 Å². The Bertz CT molecular complexity index is 726. The van der Waals surface area contributed by atoms with E-state index in [1.54, 1.807) is 31.4 Å². The van der Waals surface area contributed by atoms with Crippen molar-refractivity contribution in [3.8, 4) is 0 Å². The number of halogens is 1. The zero-order valence-electron chi connectivity index (χ0n) is 13.3. The molecule has 0 aliphatic carbocycles. The Morgan fingerprint density at radius 1 is 1.22 bits per heavy atom. The quantitative estimate of drug-likeness (QED) is 0.639. The summed E-state index contributed by atoms with van der Waals surface area (Å²) in [4.78, 5) is 0.298. The van der Waals surface area contributed by atoms with Crippen molar-refractivity contribution in [2.24, 2.45) is 7.05 Å². The van der Waals surface area contributed by atoms with E-state index in [0.717, 1.165) is 10.2 Å². The fourth-order valence-corrected chi connectivity index (χ4v) is 3.98. The van der Waals surface area contributed by atoms with E-state index in [-0.39, 0.29) is 0 Å². The molecule has 1 heterocycles. The fourth-order valence-electron chi connectivity index (χ4n) is 2.27. The normalized spacial score (nSPS) is 12.0. The molecule has 0 N–H and O–H groups in total. The fraction of sp³-hybridized carbons (Fsp3) is 0.375. The van der Waals surface area contributed by atoms with E-state index in [2.05, 4.69) is 15.9 Å². The molecule has 2 aromatic rings. The summed E-state index contributed by atoms with van der Waals surface area (Å²) < 4.78 is 35.2. The molecule has 5 nitrogen and oxygen atoms in total. The van der Waals surface area contributed by atoms with E-state index < -0.39 is 10.0 Å². The summed E-state index contributed by atoms with van der Waals surface area (Å²) in [6.07, 6.45) is 2.56. The Morgan fingerprint density at radius 3 is 2.48 bits per heavy atom. The van der Waals surface area contributed by atoms with Gasteiger partial charge in [0.1, 0.15) is 0 Å². The summed E-state index contributed by atoms with van der Waals surface area (Å²) in [5.74, 6) is 0. The highest BCUT2D eigenvalue weighted by Gasteiger charge is 2.24. The number of methoxy groups -OCH3 is 1. The summed E-state index contributed by atoms with van der Waals surface area (Å²) >= 11 is 3.33. The van der Waals surface area contributed by atoms with Gasteiger partial charge in [-0.1, -0.05) is 15.9 Å². The number of nitrogens with zero attached hydrogens (tertiary/aromatic N) is 2. The van der Waals surface area contributed by atoms with E-state index >= 15 is 0 Å². The van der Waals surface area contributed by atoms with Crippen molar-refractivity contribution in [1.29, 1.82) is 0 Å². The van der Waals surface area contributed by atoms with Crippen LogP contribution in [0.25, 0.3) is 0 Å². The minimum atomic E-state index is -3.55. The Labute approximate surface area is 146 Å². The Balaban J connectivity index is 2.27. The maximum Gasteiger partial charge on any atom is 0.243 e. The Morgan fingerprint density at radius 2 is 1.91 bits per heavy atom. The van der Waals surface area contributed by atoms with Gasteiger partial charge in [0.2, 0.25) is 10.0 Å². The predicted molar refractivity (Wildman–Crippen MR) is 93.6 cm³/mol. The van der Waals surface area contributed by atoms with E-state index in [1.165, 1.54) is 4.31 Å². The molecule has 1 aromatic carbocycles. The number of sulfonamides is 1. The summed E-state index contributed by atoms with van der Waals surface area (Å²) in [6, 6.07) is 10.6. The average molecular weight is 401 g/mol. The summed E-state index contributed by atoms with van der Waals surface area (Å²) in [5, 5.41) is 0. The minimum absolute atomic E-state index is 0.298. The van der Waals surface area contributed by atoms with Crippen LogP contribution >= 0.6 is 15.9 Å². The third-order valence-corrected chi connectivity index (χ3v) is 5.99. The number of rotatable bonds is 8. The van der Waals surface area contributed by atoms with Gasteiger partial charge in [-0.25, -0.2) is 8.42 Å². The number of ether oxygens (including phenoxy) is 1. The van der Waals surface area contributed by atoms with Gasteiger partial charge in [-0.05, 0) is 42.8 Å². The SMILES string of the molecule is COCCCN(Cc1cccn1C)S(=O)(=O)c1ccc(Br)cc1. The first-order valence-corrected chi connectivity index (χ1v) is 9.53. The molecule has 1 aromatic heterocycles. The number of aryl methyl sites for hydroxylation is 1. The van der Waals surface area contributed by atoms with Crippen LogP contribution in [-0.4, -0.2) is 37.6 Å². The van der Waals surface area contributed by atoms with Crippen LogP contribution in [0, 0.1) is 0 Å². The molecule has 23 heavy (non-hydrogen) atoms. The first kappa shape index (κ1) is 18.2. The lowest BCUT2D eigenvalue weighted by Gasteiger charge is -2.22. The number of hydrogen-bond donors (Lipinski definition) is 0. The molecule has 0 unspecified atom stereocenters. The van der Waals surface area contributed by atoms with Crippen LogP contribution in [0.3, 0.4) is 0 Å². The standard InChI is InChI=1S/C16H21BrN2O3S/c1-18-10-3-5-15(18)13-19(11-4-12-22-2)23(20,21)16-8-6-14(17)7-9-16/h3,5-10H,4,11-13H2,1-2H3. The predicted octanol–water partition coefficient (Wildman–Crippen LogP) is 3.02. The van der Waals surface area contributed by atoms with Gasteiger partial charge in [0.15, 0.2) is 0 Å². The van der Waals surface area contributed by atoms with Crippen molar-refractivity contribution in [3.05, 3.63) is 52.8 Å². The monoisotopic (exact) mass is 400 g/mol. The smallest absolute Gasteiger partial charge is 0.243 e. The van der Waals surface area contributed by atoms with E-state index in [4.69, 9.17) is 4.74 Å². The van der Waals surface area contributed by atoms with Gasteiger partial charge < -0.3 is 9.30 Å². The van der Waals surface area contributed by atoms with E-state index in [9.17, 15) is 8.42 Å². The molecular formula is C16H21BrN2O3S. The lowest BCUT2D eigenvalue weighted by Crippen LogP contribution is -2.32. The number of aromatic nitrogens is 1. The molecule has 7 heteroatoms. The van der Waals surface area contributed by atoms with Crippen molar-refractivity contribution < 1.29 is 13.2 Å². The average Bonchev–Trinajstić information content (AvgIpc) is 2.92. The van der Waals surface area contributed by atoms with E-state index in [1.807, 2.05) is 29.9 Å². The number of hydrogen-bond acceptors (Lipinski definition) is 3. The summed E-state index contributed by atoms with van der Waals surface area (Å²) in [5.41, 5.74) is 0.947. The van der Waals surface area contributed by atoms with Crippen LogP contribution in [0.1, 0.15) is 12.1 Å². The third-order valence-electron chi connectivity index (χ3n) is 3.60. The van der Waals surface area contributed by atoms with Crippen LogP contribution in [0.2, 0.25) is 0 Å². The Hall–Kier alpha value is -1.15. The maximum absolute atomic E-state index is 12.9. The topological polar surface area (TPSA) is 51.5 Å². The largest absolute Gasteiger partial charge is 0.385 e. The first-order valence-electron chi connectivity index (χ1n) is 7.30. The molecule has 0 radical (unpaired) electrons. The van der Waals surface area contributed by atoms with Crippen molar-refractivity contribution >= 4 is 26.0 Å². The molecule has 0 saturated heterocycles. The van der Waals surface area contributed by atoms with Crippen LogP contribution in [0.15, 0.2) is 52.0 Å². The molecular weight excluding hydrogens is 380 g/mol. The molecule has 0 aliphatic rings. The zero-order chi connectivity index (χ0) is 16.9. The van der Waals surface area contributed by atoms with Crippen LogP contribution in [0.5, 0.6) is 0 Å². The van der Waals surface area contributed by atoms with Crippen LogP contribution in [0.4, 0.5) is 0 Å².